The van der Waals surface area contributed by atoms with Crippen LogP contribution in [0.25, 0.3) is 0 Å². The van der Waals surface area contributed by atoms with Crippen molar-refractivity contribution in [2.24, 2.45) is 0 Å². The smallest absolute Gasteiger partial charge is 0.0629 e. The molecule has 2 rings (SSSR count). The van der Waals surface area contributed by atoms with E-state index >= 15 is 0 Å². The fraction of sp³-hybridized carbons (Fsp3) is 0.333. The van der Waals surface area contributed by atoms with Gasteiger partial charge in [-0.3, -0.25) is 0 Å². The van der Waals surface area contributed by atoms with E-state index in [1.54, 1.807) is 23.5 Å². The molecule has 1 heterocycles. The van der Waals surface area contributed by atoms with E-state index in [1.165, 1.54) is 9.75 Å². The van der Waals surface area contributed by atoms with E-state index in [2.05, 4.69) is 19.1 Å². The van der Waals surface area contributed by atoms with Crippen LogP contribution in [0.4, 0.5) is 0 Å². The van der Waals surface area contributed by atoms with Crippen molar-refractivity contribution in [3.8, 4) is 0 Å². The number of rotatable bonds is 5. The molecule has 1 aromatic carbocycles. The normalized spacial score (nSPS) is 12.6. The lowest BCUT2D eigenvalue weighted by Crippen LogP contribution is -2.13. The summed E-state index contributed by atoms with van der Waals surface area (Å²) in [6, 6.07) is 9.62. The maximum Gasteiger partial charge on any atom is 0.0629 e. The molecular formula is C15H16Cl2OS. The summed E-state index contributed by atoms with van der Waals surface area (Å²) in [5, 5.41) is 11.4. The van der Waals surface area contributed by atoms with E-state index in [0.29, 0.717) is 22.9 Å². The quantitative estimate of drug-likeness (QED) is 0.843. The summed E-state index contributed by atoms with van der Waals surface area (Å²) in [7, 11) is 0. The molecule has 1 nitrogen and oxygen atoms in total. The Bertz CT molecular complexity index is 531. The van der Waals surface area contributed by atoms with Gasteiger partial charge in [-0.25, -0.2) is 0 Å². The second-order valence-corrected chi connectivity index (χ2v) is 6.55. The van der Waals surface area contributed by atoms with Crippen molar-refractivity contribution in [2.45, 2.75) is 32.3 Å². The molecule has 0 saturated carbocycles. The third-order valence-electron chi connectivity index (χ3n) is 3.00. The summed E-state index contributed by atoms with van der Waals surface area (Å²) in [5.41, 5.74) is 0.825. The van der Waals surface area contributed by atoms with Crippen LogP contribution in [0.1, 0.15) is 22.2 Å². The van der Waals surface area contributed by atoms with Gasteiger partial charge < -0.3 is 5.11 Å². The average Bonchev–Trinajstić information content (AvgIpc) is 2.81. The standard InChI is InChI=1S/C15H16Cl2OS/c1-2-11-6-7-12(19-11)8-10(18)9-13-14(16)4-3-5-15(13)17/h3-7,10,18H,2,8-9H2,1H3. The zero-order chi connectivity index (χ0) is 13.8. The van der Waals surface area contributed by atoms with Crippen LogP contribution in [0.5, 0.6) is 0 Å². The number of aliphatic hydroxyl groups is 1. The van der Waals surface area contributed by atoms with Crippen LogP contribution in [0.3, 0.4) is 0 Å². The molecule has 0 fully saturated rings. The minimum absolute atomic E-state index is 0.458. The number of thiophene rings is 1. The predicted octanol–water partition coefficient (Wildman–Crippen LogP) is 4.76. The minimum Gasteiger partial charge on any atom is -0.392 e. The molecule has 1 N–H and O–H groups in total. The van der Waals surface area contributed by atoms with Crippen molar-refractivity contribution in [1.82, 2.24) is 0 Å². The third-order valence-corrected chi connectivity index (χ3v) is 4.96. The molecule has 1 unspecified atom stereocenters. The Morgan fingerprint density at radius 1 is 1.05 bits per heavy atom. The number of hydrogen-bond donors (Lipinski definition) is 1. The molecule has 0 aliphatic rings. The van der Waals surface area contributed by atoms with Gasteiger partial charge in [-0.1, -0.05) is 36.2 Å². The zero-order valence-electron chi connectivity index (χ0n) is 10.7. The van der Waals surface area contributed by atoms with Gasteiger partial charge >= 0.3 is 0 Å². The lowest BCUT2D eigenvalue weighted by atomic mass is 10.0. The number of hydrogen-bond acceptors (Lipinski definition) is 2. The van der Waals surface area contributed by atoms with Crippen molar-refractivity contribution >= 4 is 34.5 Å². The molecule has 0 radical (unpaired) electrons. The Labute approximate surface area is 127 Å². The van der Waals surface area contributed by atoms with E-state index in [4.69, 9.17) is 23.2 Å². The van der Waals surface area contributed by atoms with Crippen LogP contribution in [-0.4, -0.2) is 11.2 Å². The molecule has 0 spiro atoms. The van der Waals surface area contributed by atoms with Crippen molar-refractivity contribution in [2.75, 3.05) is 0 Å². The van der Waals surface area contributed by atoms with Crippen LogP contribution < -0.4 is 0 Å². The summed E-state index contributed by atoms with van der Waals surface area (Å²) in [5.74, 6) is 0. The lowest BCUT2D eigenvalue weighted by Gasteiger charge is -2.12. The van der Waals surface area contributed by atoms with E-state index < -0.39 is 6.10 Å². The Morgan fingerprint density at radius 2 is 1.68 bits per heavy atom. The van der Waals surface area contributed by atoms with Crippen LogP contribution in [-0.2, 0) is 19.3 Å². The predicted molar refractivity (Wildman–Crippen MR) is 83.6 cm³/mol. The van der Waals surface area contributed by atoms with Gasteiger partial charge in [-0.15, -0.1) is 11.3 Å². The first-order chi connectivity index (χ1) is 9.10. The largest absolute Gasteiger partial charge is 0.392 e. The Hall–Kier alpha value is -0.540. The topological polar surface area (TPSA) is 20.2 Å². The summed E-state index contributed by atoms with van der Waals surface area (Å²) >= 11 is 14.0. The summed E-state index contributed by atoms with van der Waals surface area (Å²) in [6.07, 6.45) is 1.71. The van der Waals surface area contributed by atoms with Crippen LogP contribution in [0, 0.1) is 0 Å². The summed E-state index contributed by atoms with van der Waals surface area (Å²) in [6.45, 7) is 2.13. The van der Waals surface area contributed by atoms with Gasteiger partial charge in [0.25, 0.3) is 0 Å². The number of benzene rings is 1. The van der Waals surface area contributed by atoms with Gasteiger partial charge in [-0.2, -0.15) is 0 Å². The maximum atomic E-state index is 10.2. The molecule has 0 aliphatic carbocycles. The van der Waals surface area contributed by atoms with Gasteiger partial charge in [0.2, 0.25) is 0 Å². The Balaban J connectivity index is 2.03. The molecule has 19 heavy (non-hydrogen) atoms. The second kappa shape index (κ2) is 6.76. The molecule has 0 amide bonds. The van der Waals surface area contributed by atoms with Crippen molar-refractivity contribution in [1.29, 1.82) is 0 Å². The number of aliphatic hydroxyl groups excluding tert-OH is 1. The maximum absolute atomic E-state index is 10.2. The molecule has 0 aliphatic heterocycles. The van der Waals surface area contributed by atoms with E-state index in [-0.39, 0.29) is 0 Å². The highest BCUT2D eigenvalue weighted by atomic mass is 35.5. The van der Waals surface area contributed by atoms with E-state index in [0.717, 1.165) is 12.0 Å². The van der Waals surface area contributed by atoms with Gasteiger partial charge in [-0.05, 0) is 36.2 Å². The van der Waals surface area contributed by atoms with Crippen LogP contribution >= 0.6 is 34.5 Å². The van der Waals surface area contributed by atoms with Crippen LogP contribution in [0.15, 0.2) is 30.3 Å². The second-order valence-electron chi connectivity index (χ2n) is 4.48. The Kier molecular flexibility index (Phi) is 5.28. The highest BCUT2D eigenvalue weighted by Crippen LogP contribution is 2.27. The number of halogens is 2. The highest BCUT2D eigenvalue weighted by molar-refractivity contribution is 7.11. The molecule has 1 atom stereocenters. The fourth-order valence-corrected chi connectivity index (χ4v) is 3.57. The molecule has 2 aromatic rings. The molecule has 0 bridgehead atoms. The van der Waals surface area contributed by atoms with Gasteiger partial charge in [0.05, 0.1) is 6.10 Å². The average molecular weight is 315 g/mol. The SMILES string of the molecule is CCc1ccc(CC(O)Cc2c(Cl)cccc2Cl)s1. The molecule has 102 valence electrons. The fourth-order valence-electron chi connectivity index (χ4n) is 1.99. The van der Waals surface area contributed by atoms with Gasteiger partial charge in [0, 0.05) is 32.6 Å². The Morgan fingerprint density at radius 3 is 2.26 bits per heavy atom. The monoisotopic (exact) mass is 314 g/mol. The lowest BCUT2D eigenvalue weighted by molar-refractivity contribution is 0.176. The minimum atomic E-state index is -0.458. The number of aryl methyl sites for hydroxylation is 1. The van der Waals surface area contributed by atoms with Crippen molar-refractivity contribution in [3.05, 3.63) is 55.7 Å². The first-order valence-electron chi connectivity index (χ1n) is 6.28. The first-order valence-corrected chi connectivity index (χ1v) is 7.86. The van der Waals surface area contributed by atoms with Crippen LogP contribution in [0.2, 0.25) is 10.0 Å². The molecule has 0 saturated heterocycles. The highest BCUT2D eigenvalue weighted by Gasteiger charge is 2.13. The molecule has 4 heteroatoms. The third kappa shape index (κ3) is 3.96. The summed E-state index contributed by atoms with van der Waals surface area (Å²) in [4.78, 5) is 2.55. The molecule has 1 aromatic heterocycles. The van der Waals surface area contributed by atoms with Gasteiger partial charge in [0.1, 0.15) is 0 Å². The molecular weight excluding hydrogens is 299 g/mol. The summed E-state index contributed by atoms with van der Waals surface area (Å²) < 4.78 is 0. The van der Waals surface area contributed by atoms with Crippen molar-refractivity contribution in [3.63, 3.8) is 0 Å². The van der Waals surface area contributed by atoms with Crippen molar-refractivity contribution < 1.29 is 5.11 Å². The van der Waals surface area contributed by atoms with E-state index in [9.17, 15) is 5.11 Å². The van der Waals surface area contributed by atoms with Gasteiger partial charge in [0.15, 0.2) is 0 Å². The zero-order valence-corrected chi connectivity index (χ0v) is 13.0. The van der Waals surface area contributed by atoms with E-state index in [1.807, 2.05) is 6.07 Å². The first kappa shape index (κ1) is 14.9.